The highest BCUT2D eigenvalue weighted by Crippen LogP contribution is 2.52. The van der Waals surface area contributed by atoms with Crippen molar-refractivity contribution in [3.63, 3.8) is 0 Å². The second-order valence-corrected chi connectivity index (χ2v) is 10.6. The van der Waals surface area contributed by atoms with Gasteiger partial charge >= 0.3 is 5.97 Å². The van der Waals surface area contributed by atoms with Crippen molar-refractivity contribution in [3.8, 4) is 11.5 Å². The number of likely N-dealkylation sites (N-methyl/N-ethyl adjacent to an activating group) is 1. The summed E-state index contributed by atoms with van der Waals surface area (Å²) in [7, 11) is 1.75. The maximum atomic E-state index is 12.2. The van der Waals surface area contributed by atoms with E-state index in [0.29, 0.717) is 23.1 Å². The van der Waals surface area contributed by atoms with E-state index in [4.69, 9.17) is 23.4 Å². The fourth-order valence-corrected chi connectivity index (χ4v) is 6.02. The zero-order valence-electron chi connectivity index (χ0n) is 23.3. The Hall–Kier alpha value is -2.49. The molecule has 1 aromatic carbocycles. The van der Waals surface area contributed by atoms with E-state index in [2.05, 4.69) is 5.32 Å². The summed E-state index contributed by atoms with van der Waals surface area (Å²) in [5, 5.41) is 68.5. The van der Waals surface area contributed by atoms with Crippen LogP contribution in [0, 0.1) is 11.8 Å². The molecule has 1 aromatic heterocycles. The molecule has 2 aromatic rings. The lowest BCUT2D eigenvalue weighted by Crippen LogP contribution is -2.79. The maximum absolute atomic E-state index is 12.2. The number of aliphatic hydroxyl groups is 6. The van der Waals surface area contributed by atoms with Gasteiger partial charge in [-0.15, -0.1) is 0 Å². The van der Waals surface area contributed by atoms with Crippen LogP contribution in [-0.2, 0) is 20.7 Å². The number of carbonyl (C=O) groups excluding carboxylic acids is 1. The molecule has 0 amide bonds. The Morgan fingerprint density at radius 2 is 1.98 bits per heavy atom. The van der Waals surface area contributed by atoms with E-state index in [1.54, 1.807) is 26.1 Å². The zero-order chi connectivity index (χ0) is 29.8. The molecule has 1 saturated carbocycles. The van der Waals surface area contributed by atoms with Crippen LogP contribution in [0.25, 0.3) is 11.0 Å². The largest absolute Gasteiger partial charge is 0.485 e. The first kappa shape index (κ1) is 31.4. The second kappa shape index (κ2) is 13.2. The van der Waals surface area contributed by atoms with Crippen LogP contribution in [0.15, 0.2) is 22.8 Å². The van der Waals surface area contributed by atoms with Gasteiger partial charge in [0.2, 0.25) is 12.0 Å². The molecule has 2 aliphatic rings. The monoisotopic (exact) mass is 583 g/mol. The molecule has 1 aliphatic heterocycles. The highest BCUT2D eigenvalue weighted by molar-refractivity contribution is 5.87. The summed E-state index contributed by atoms with van der Waals surface area (Å²) < 4.78 is 29.2. The third-order valence-corrected chi connectivity index (χ3v) is 8.24. The zero-order valence-corrected chi connectivity index (χ0v) is 23.3. The van der Waals surface area contributed by atoms with E-state index in [-0.39, 0.29) is 50.4 Å². The van der Waals surface area contributed by atoms with Gasteiger partial charge in [0.15, 0.2) is 16.9 Å². The normalized spacial score (nSPS) is 29.6. The molecule has 6 atom stereocenters. The molecule has 230 valence electrons. The Labute approximate surface area is 237 Å². The molecule has 0 spiro atoms. The fourth-order valence-electron chi connectivity index (χ4n) is 6.02. The number of furan rings is 1. The van der Waals surface area contributed by atoms with E-state index in [0.717, 1.165) is 0 Å². The summed E-state index contributed by atoms with van der Waals surface area (Å²) in [6, 6.07) is 3.46. The van der Waals surface area contributed by atoms with Crippen LogP contribution >= 0.6 is 0 Å². The van der Waals surface area contributed by atoms with Crippen molar-refractivity contribution in [1.82, 2.24) is 5.32 Å². The molecule has 13 nitrogen and oxygen atoms in total. The molecule has 7 N–H and O–H groups in total. The fraction of sp³-hybridized carbons (Fsp3) is 0.679. The Balaban J connectivity index is 1.83. The van der Waals surface area contributed by atoms with E-state index < -0.39 is 67.3 Å². The number of aliphatic hydroxyl groups excluding tert-OH is 4. The maximum Gasteiger partial charge on any atom is 0.306 e. The Bertz CT molecular complexity index is 1170. The number of aryl methyl sites for hydroxylation is 1. The second-order valence-electron chi connectivity index (χ2n) is 10.6. The number of benzene rings is 1. The summed E-state index contributed by atoms with van der Waals surface area (Å²) in [6.07, 6.45) is -3.23. The van der Waals surface area contributed by atoms with Crippen LogP contribution in [0.2, 0.25) is 0 Å². The van der Waals surface area contributed by atoms with Crippen molar-refractivity contribution in [2.75, 3.05) is 46.6 Å². The predicted octanol–water partition coefficient (Wildman–Crippen LogP) is -0.543. The van der Waals surface area contributed by atoms with Gasteiger partial charge < -0.3 is 59.3 Å². The predicted molar refractivity (Wildman–Crippen MR) is 143 cm³/mol. The lowest BCUT2D eigenvalue weighted by atomic mass is 9.59. The number of carbonyl (C=O) groups is 1. The van der Waals surface area contributed by atoms with Crippen molar-refractivity contribution in [3.05, 3.63) is 24.0 Å². The van der Waals surface area contributed by atoms with E-state index in [9.17, 15) is 35.4 Å². The molecule has 41 heavy (non-hydrogen) atoms. The van der Waals surface area contributed by atoms with Crippen molar-refractivity contribution in [1.29, 1.82) is 0 Å². The van der Waals surface area contributed by atoms with Gasteiger partial charge in [-0.25, -0.2) is 0 Å². The van der Waals surface area contributed by atoms with Gasteiger partial charge in [0.05, 0.1) is 19.5 Å². The summed E-state index contributed by atoms with van der Waals surface area (Å²) in [4.78, 5) is 12.2. The van der Waals surface area contributed by atoms with Crippen molar-refractivity contribution >= 4 is 16.9 Å². The van der Waals surface area contributed by atoms with Crippen molar-refractivity contribution < 1.29 is 58.8 Å². The number of fused-ring (bicyclic) bond motifs is 3. The molecule has 0 unspecified atom stereocenters. The van der Waals surface area contributed by atoms with Crippen LogP contribution in [0.4, 0.5) is 0 Å². The first-order chi connectivity index (χ1) is 19.7. The average Bonchev–Trinajstić information content (AvgIpc) is 3.43. The third-order valence-electron chi connectivity index (χ3n) is 8.24. The van der Waals surface area contributed by atoms with Gasteiger partial charge in [-0.3, -0.25) is 4.79 Å². The standard InChI is InChI=1S/C28H41NO12/c1-3-37-21(33)5-4-16-12-17-7-10-38-22(17)24(39-11-9-29-2)23(16)41-26-28(36)19(18(13-30)14-31)6-8-27(35,25(28)34)20(15-32)40-26/h7,10,12,18-20,25-26,29-32,34-36H,3-6,8-9,11,13-15H2,1-2H3/t19-,20+,25-,26-,27+,28+/m0/s1. The molecule has 13 heteroatoms. The minimum absolute atomic E-state index is 0.000665. The van der Waals surface area contributed by atoms with Crippen LogP contribution in [0.5, 0.6) is 11.5 Å². The third kappa shape index (κ3) is 5.77. The topological polar surface area (TPSA) is 201 Å². The smallest absolute Gasteiger partial charge is 0.306 e. The lowest BCUT2D eigenvalue weighted by molar-refractivity contribution is -0.384. The van der Waals surface area contributed by atoms with Gasteiger partial charge in [-0.05, 0) is 50.9 Å². The van der Waals surface area contributed by atoms with E-state index >= 15 is 0 Å². The minimum Gasteiger partial charge on any atom is -0.485 e. The summed E-state index contributed by atoms with van der Waals surface area (Å²) in [5.41, 5.74) is -3.52. The molecular weight excluding hydrogens is 542 g/mol. The summed E-state index contributed by atoms with van der Waals surface area (Å²) in [6.45, 7) is 0.880. The van der Waals surface area contributed by atoms with Crippen LogP contribution in [0.3, 0.4) is 0 Å². The summed E-state index contributed by atoms with van der Waals surface area (Å²) >= 11 is 0. The van der Waals surface area contributed by atoms with Crippen LogP contribution in [-0.4, -0.2) is 113 Å². The van der Waals surface area contributed by atoms with E-state index in [1.807, 2.05) is 0 Å². The molecule has 2 heterocycles. The number of ether oxygens (including phenoxy) is 4. The SMILES string of the molecule is CCOC(=O)CCc1cc2ccoc2c(OCCNC)c1O[C@@H]1O[C@H](CO)[C@]2(O)CC[C@@H](C(CO)CO)[C@@]1(O)[C@H]2O. The number of esters is 1. The Kier molecular flexibility index (Phi) is 10.1. The van der Waals surface area contributed by atoms with Gasteiger partial charge in [-0.2, -0.15) is 0 Å². The lowest BCUT2D eigenvalue weighted by Gasteiger charge is -2.60. The molecular formula is C28H41NO12. The first-order valence-corrected chi connectivity index (χ1v) is 13.9. The molecule has 1 aliphatic carbocycles. The van der Waals surface area contributed by atoms with Gasteiger partial charge in [0.1, 0.15) is 24.4 Å². The highest BCUT2D eigenvalue weighted by atomic mass is 16.7. The van der Waals surface area contributed by atoms with Gasteiger partial charge in [-0.1, -0.05) is 0 Å². The van der Waals surface area contributed by atoms with E-state index in [1.165, 1.54) is 6.26 Å². The number of hydrogen-bond donors (Lipinski definition) is 7. The van der Waals surface area contributed by atoms with Gasteiger partial charge in [0.25, 0.3) is 0 Å². The number of rotatable bonds is 14. The molecule has 1 saturated heterocycles. The number of hydrogen-bond acceptors (Lipinski definition) is 13. The Morgan fingerprint density at radius 3 is 2.63 bits per heavy atom. The van der Waals surface area contributed by atoms with Crippen molar-refractivity contribution in [2.45, 2.75) is 62.3 Å². The minimum atomic E-state index is -2.33. The number of nitrogens with one attached hydrogen (secondary N) is 1. The quantitative estimate of drug-likeness (QED) is 0.111. The molecule has 0 radical (unpaired) electrons. The molecule has 2 bridgehead atoms. The van der Waals surface area contributed by atoms with Crippen LogP contribution < -0.4 is 14.8 Å². The summed E-state index contributed by atoms with van der Waals surface area (Å²) in [5.74, 6) is -2.03. The highest BCUT2D eigenvalue weighted by Gasteiger charge is 2.69. The van der Waals surface area contributed by atoms with Crippen LogP contribution in [0.1, 0.15) is 31.7 Å². The first-order valence-electron chi connectivity index (χ1n) is 13.9. The molecule has 4 rings (SSSR count). The average molecular weight is 584 g/mol. The molecule has 2 fully saturated rings. The Morgan fingerprint density at radius 1 is 1.22 bits per heavy atom. The van der Waals surface area contributed by atoms with Gasteiger partial charge in [0, 0.05) is 43.4 Å². The van der Waals surface area contributed by atoms with Crippen molar-refractivity contribution in [2.24, 2.45) is 11.8 Å².